The number of piperidine rings is 1. The van der Waals surface area contributed by atoms with Crippen molar-refractivity contribution in [3.05, 3.63) is 47.5 Å². The number of nitrogens with zero attached hydrogens (tertiary/aromatic N) is 5. The summed E-state index contributed by atoms with van der Waals surface area (Å²) in [6.07, 6.45) is 3.84. The molecule has 1 fully saturated rings. The van der Waals surface area contributed by atoms with Gasteiger partial charge in [-0.2, -0.15) is 4.98 Å². The summed E-state index contributed by atoms with van der Waals surface area (Å²) in [6, 6.07) is 13.1. The predicted octanol–water partition coefficient (Wildman–Crippen LogP) is 4.34. The lowest BCUT2D eigenvalue weighted by atomic mass is 10.1. The summed E-state index contributed by atoms with van der Waals surface area (Å²) in [5, 5.41) is 9.44. The molecule has 35 heavy (non-hydrogen) atoms. The number of rotatable bonds is 6. The van der Waals surface area contributed by atoms with Gasteiger partial charge in [0.2, 0.25) is 12.7 Å². The van der Waals surface area contributed by atoms with Crippen molar-refractivity contribution in [2.75, 3.05) is 44.0 Å². The molecule has 180 valence electrons. The van der Waals surface area contributed by atoms with Gasteiger partial charge >= 0.3 is 0 Å². The standard InChI is InChI=1S/C25H26ClN7O2/c26-17-5-7-18(8-6-17)33-23(27)21-22(16-4-9-19-20(14-16)35-15-34-19)29-25(30-24(21)31-33)28-10-13-32-11-2-1-3-12-32/h4-9,14H,1-3,10-13,15,27H2,(H,28,30,31). The summed E-state index contributed by atoms with van der Waals surface area (Å²) in [7, 11) is 0. The highest BCUT2D eigenvalue weighted by Crippen LogP contribution is 2.39. The van der Waals surface area contributed by atoms with Crippen LogP contribution in [0.1, 0.15) is 19.3 Å². The molecule has 6 rings (SSSR count). The molecule has 1 saturated heterocycles. The maximum atomic E-state index is 6.61. The largest absolute Gasteiger partial charge is 0.454 e. The third-order valence-electron chi connectivity index (χ3n) is 6.45. The number of nitrogen functional groups attached to an aromatic ring is 1. The van der Waals surface area contributed by atoms with E-state index in [2.05, 4.69) is 10.2 Å². The van der Waals surface area contributed by atoms with Gasteiger partial charge in [0.15, 0.2) is 17.1 Å². The van der Waals surface area contributed by atoms with E-state index in [1.165, 1.54) is 19.3 Å². The van der Waals surface area contributed by atoms with Crippen LogP contribution in [-0.2, 0) is 0 Å². The second-order valence-corrected chi connectivity index (χ2v) is 9.20. The first kappa shape index (κ1) is 21.9. The van der Waals surface area contributed by atoms with Crippen molar-refractivity contribution < 1.29 is 9.47 Å². The van der Waals surface area contributed by atoms with Gasteiger partial charge in [-0.15, -0.1) is 5.10 Å². The molecule has 0 radical (unpaired) electrons. The zero-order chi connectivity index (χ0) is 23.8. The first-order valence-electron chi connectivity index (χ1n) is 11.8. The lowest BCUT2D eigenvalue weighted by molar-refractivity contribution is 0.174. The van der Waals surface area contributed by atoms with Gasteiger partial charge in [-0.05, 0) is 68.4 Å². The molecule has 0 aliphatic carbocycles. The number of likely N-dealkylation sites (tertiary alicyclic amines) is 1. The fourth-order valence-electron chi connectivity index (χ4n) is 4.63. The van der Waals surface area contributed by atoms with E-state index in [1.807, 2.05) is 30.3 Å². The smallest absolute Gasteiger partial charge is 0.231 e. The van der Waals surface area contributed by atoms with Gasteiger partial charge in [-0.3, -0.25) is 0 Å². The van der Waals surface area contributed by atoms with Crippen LogP contribution < -0.4 is 20.5 Å². The normalized spacial score (nSPS) is 15.6. The lowest BCUT2D eigenvalue weighted by Crippen LogP contribution is -2.33. The SMILES string of the molecule is Nc1c2c(-c3ccc4c(c3)OCO4)nc(NCCN3CCCCC3)nc2nn1-c1ccc(Cl)cc1. The summed E-state index contributed by atoms with van der Waals surface area (Å²) >= 11 is 6.08. The van der Waals surface area contributed by atoms with Crippen LogP contribution in [0.2, 0.25) is 5.02 Å². The van der Waals surface area contributed by atoms with Crippen LogP contribution in [0.5, 0.6) is 11.5 Å². The lowest BCUT2D eigenvalue weighted by Gasteiger charge is -2.26. The molecule has 2 aromatic heterocycles. The van der Waals surface area contributed by atoms with Crippen molar-refractivity contribution in [3.63, 3.8) is 0 Å². The van der Waals surface area contributed by atoms with Crippen molar-refractivity contribution in [2.24, 2.45) is 0 Å². The fraction of sp³-hybridized carbons (Fsp3) is 0.320. The van der Waals surface area contributed by atoms with E-state index in [1.54, 1.807) is 16.8 Å². The molecule has 4 heterocycles. The first-order valence-corrected chi connectivity index (χ1v) is 12.2. The summed E-state index contributed by atoms with van der Waals surface area (Å²) < 4.78 is 12.8. The molecule has 2 aliphatic rings. The van der Waals surface area contributed by atoms with Crippen molar-refractivity contribution >= 4 is 34.4 Å². The molecule has 0 unspecified atom stereocenters. The topological polar surface area (TPSA) is 103 Å². The number of fused-ring (bicyclic) bond motifs is 2. The molecule has 0 saturated carbocycles. The third-order valence-corrected chi connectivity index (χ3v) is 6.70. The molecule has 0 amide bonds. The van der Waals surface area contributed by atoms with E-state index in [9.17, 15) is 0 Å². The number of nitrogens with two attached hydrogens (primary N) is 1. The molecule has 2 aromatic carbocycles. The highest BCUT2D eigenvalue weighted by molar-refractivity contribution is 6.30. The molecular weight excluding hydrogens is 466 g/mol. The zero-order valence-electron chi connectivity index (χ0n) is 19.2. The number of hydrogen-bond acceptors (Lipinski definition) is 8. The van der Waals surface area contributed by atoms with Gasteiger partial charge in [0.1, 0.15) is 5.82 Å². The van der Waals surface area contributed by atoms with Crippen molar-refractivity contribution in [1.82, 2.24) is 24.6 Å². The molecule has 0 spiro atoms. The third kappa shape index (κ3) is 4.33. The van der Waals surface area contributed by atoms with Crippen molar-refractivity contribution in [3.8, 4) is 28.4 Å². The molecule has 10 heteroatoms. The summed E-state index contributed by atoms with van der Waals surface area (Å²) in [4.78, 5) is 12.0. The first-order chi connectivity index (χ1) is 17.2. The Bertz CT molecular complexity index is 1370. The van der Waals surface area contributed by atoms with Crippen molar-refractivity contribution in [1.29, 1.82) is 0 Å². The van der Waals surface area contributed by atoms with Gasteiger partial charge in [0.25, 0.3) is 0 Å². The Morgan fingerprint density at radius 1 is 0.971 bits per heavy atom. The monoisotopic (exact) mass is 491 g/mol. The van der Waals surface area contributed by atoms with E-state index < -0.39 is 0 Å². The van der Waals surface area contributed by atoms with E-state index in [0.29, 0.717) is 45.0 Å². The average molecular weight is 492 g/mol. The summed E-state index contributed by atoms with van der Waals surface area (Å²) in [6.45, 7) is 4.19. The predicted molar refractivity (Wildman–Crippen MR) is 136 cm³/mol. The number of ether oxygens (including phenoxy) is 2. The van der Waals surface area contributed by atoms with Crippen LogP contribution in [0.15, 0.2) is 42.5 Å². The molecular formula is C25H26ClN7O2. The Balaban J connectivity index is 1.40. The minimum Gasteiger partial charge on any atom is -0.454 e. The van der Waals surface area contributed by atoms with E-state index in [4.69, 9.17) is 41.9 Å². The molecule has 3 N–H and O–H groups in total. The Hall–Kier alpha value is -3.56. The van der Waals surface area contributed by atoms with E-state index in [-0.39, 0.29) is 6.79 Å². The molecule has 4 aromatic rings. The maximum absolute atomic E-state index is 6.61. The Morgan fingerprint density at radius 2 is 1.77 bits per heavy atom. The minimum absolute atomic E-state index is 0.206. The van der Waals surface area contributed by atoms with Crippen LogP contribution >= 0.6 is 11.6 Å². The Morgan fingerprint density at radius 3 is 2.60 bits per heavy atom. The zero-order valence-corrected chi connectivity index (χ0v) is 20.0. The summed E-state index contributed by atoms with van der Waals surface area (Å²) in [5.41, 5.74) is 9.46. The van der Waals surface area contributed by atoms with Crippen LogP contribution in [0, 0.1) is 0 Å². The number of benzene rings is 2. The number of hydrogen-bond donors (Lipinski definition) is 2. The van der Waals surface area contributed by atoms with E-state index >= 15 is 0 Å². The molecule has 0 atom stereocenters. The highest BCUT2D eigenvalue weighted by atomic mass is 35.5. The molecule has 0 bridgehead atoms. The number of aromatic nitrogens is 4. The number of anilines is 2. The van der Waals surface area contributed by atoms with E-state index in [0.717, 1.165) is 37.4 Å². The molecule has 2 aliphatic heterocycles. The number of halogens is 1. The Kier molecular flexibility index (Phi) is 5.79. The van der Waals surface area contributed by atoms with Crippen LogP contribution in [0.25, 0.3) is 28.0 Å². The second-order valence-electron chi connectivity index (χ2n) is 8.77. The van der Waals surface area contributed by atoms with Gasteiger partial charge in [0, 0.05) is 23.7 Å². The van der Waals surface area contributed by atoms with Gasteiger partial charge in [-0.25, -0.2) is 9.67 Å². The van der Waals surface area contributed by atoms with Crippen LogP contribution in [0.4, 0.5) is 11.8 Å². The quantitative estimate of drug-likeness (QED) is 0.410. The van der Waals surface area contributed by atoms with Crippen molar-refractivity contribution in [2.45, 2.75) is 19.3 Å². The van der Waals surface area contributed by atoms with Gasteiger partial charge in [-0.1, -0.05) is 18.0 Å². The fourth-order valence-corrected chi connectivity index (χ4v) is 4.76. The highest BCUT2D eigenvalue weighted by Gasteiger charge is 2.22. The van der Waals surface area contributed by atoms with Crippen LogP contribution in [0.3, 0.4) is 0 Å². The Labute approximate surface area is 207 Å². The van der Waals surface area contributed by atoms with Gasteiger partial charge in [0.05, 0.1) is 16.8 Å². The summed E-state index contributed by atoms with van der Waals surface area (Å²) in [5.74, 6) is 2.36. The average Bonchev–Trinajstić information content (AvgIpc) is 3.49. The number of nitrogens with one attached hydrogen (secondary N) is 1. The molecule has 9 nitrogen and oxygen atoms in total. The van der Waals surface area contributed by atoms with Gasteiger partial charge < -0.3 is 25.4 Å². The second kappa shape index (κ2) is 9.24. The maximum Gasteiger partial charge on any atom is 0.231 e. The van der Waals surface area contributed by atoms with Crippen LogP contribution in [-0.4, -0.2) is 57.6 Å². The minimum atomic E-state index is 0.206.